The van der Waals surface area contributed by atoms with Crippen LogP contribution >= 0.6 is 5.74 Å². The van der Waals surface area contributed by atoms with Crippen LogP contribution in [0.15, 0.2) is 126 Å². The molecule has 0 aromatic heterocycles. The molecule has 0 N–H and O–H groups in total. The molecule has 0 unspecified atom stereocenters. The van der Waals surface area contributed by atoms with Crippen LogP contribution in [0.4, 0.5) is 0 Å². The summed E-state index contributed by atoms with van der Waals surface area (Å²) in [5.41, 5.74) is 2.42. The third-order valence-electron chi connectivity index (χ3n) is 6.38. The molecule has 0 spiro atoms. The van der Waals surface area contributed by atoms with E-state index in [2.05, 4.69) is 137 Å². The molecule has 3 nitrogen and oxygen atoms in total. The summed E-state index contributed by atoms with van der Waals surface area (Å²) in [5, 5.41) is 2.50. The van der Waals surface area contributed by atoms with Crippen LogP contribution in [0, 0.1) is 0 Å². The minimum absolute atomic E-state index is 0. The third kappa shape index (κ3) is 10.5. The topological polar surface area (TPSA) is 30.8 Å². The Labute approximate surface area is 285 Å². The Bertz CT molecular complexity index is 1130. The molecule has 0 atom stereocenters. The summed E-state index contributed by atoms with van der Waals surface area (Å²) in [6.45, 7) is 4.00. The molecule has 0 aliphatic carbocycles. The Morgan fingerprint density at radius 1 is 0.513 bits per heavy atom. The van der Waals surface area contributed by atoms with Crippen molar-refractivity contribution in [1.82, 2.24) is 0 Å². The summed E-state index contributed by atoms with van der Waals surface area (Å²) >= 11 is 3.54. The molecule has 6 rings (SSSR count). The molecule has 39 heavy (non-hydrogen) atoms. The van der Waals surface area contributed by atoms with Gasteiger partial charge in [-0.2, -0.15) is 0 Å². The Kier molecular flexibility index (Phi) is 15.6. The van der Waals surface area contributed by atoms with Gasteiger partial charge in [-0.1, -0.05) is 0 Å². The van der Waals surface area contributed by atoms with Crippen LogP contribution in [0.25, 0.3) is 0 Å². The summed E-state index contributed by atoms with van der Waals surface area (Å²) in [7, 11) is 0. The average Bonchev–Trinajstić information content (AvgIpc) is 3.78. The van der Waals surface area contributed by atoms with Crippen LogP contribution < -0.4 is 62.0 Å². The van der Waals surface area contributed by atoms with E-state index in [1.165, 1.54) is 47.4 Å². The van der Waals surface area contributed by atoms with Crippen molar-refractivity contribution in [2.75, 3.05) is 26.4 Å². The van der Waals surface area contributed by atoms with E-state index in [0.717, 1.165) is 26.4 Å². The minimum atomic E-state index is -2.06. The van der Waals surface area contributed by atoms with E-state index >= 15 is 0 Å². The van der Waals surface area contributed by atoms with Gasteiger partial charge in [-0.15, -0.1) is 0 Å². The summed E-state index contributed by atoms with van der Waals surface area (Å²) in [6.07, 6.45) is 5.11. The van der Waals surface area contributed by atoms with E-state index in [1.54, 1.807) is 0 Å². The molecule has 2 fully saturated rings. The molecule has 2 aliphatic heterocycles. The van der Waals surface area contributed by atoms with E-state index in [0.29, 0.717) is 0 Å². The predicted octanol–water partition coefficient (Wildman–Crippen LogP) is 4.31. The Morgan fingerprint density at radius 3 is 1.10 bits per heavy atom. The van der Waals surface area contributed by atoms with Gasteiger partial charge in [0.15, 0.2) is 0 Å². The van der Waals surface area contributed by atoms with Crippen molar-refractivity contribution in [3.63, 3.8) is 0 Å². The third-order valence-corrected chi connectivity index (χ3v) is 12.2. The first-order chi connectivity index (χ1) is 18.8. The van der Waals surface area contributed by atoms with E-state index in [-0.39, 0.29) is 57.4 Å². The van der Waals surface area contributed by atoms with Crippen molar-refractivity contribution < 1.29 is 60.9 Å². The Morgan fingerprint density at radius 2 is 0.821 bits per heavy atom. The molecule has 0 saturated carbocycles. The predicted molar refractivity (Wildman–Crippen MR) is 162 cm³/mol. The monoisotopic (exact) mass is 629 g/mol. The van der Waals surface area contributed by atoms with Gasteiger partial charge in [0.25, 0.3) is 0 Å². The van der Waals surface area contributed by atoms with Gasteiger partial charge in [0.2, 0.25) is 0 Å². The van der Waals surface area contributed by atoms with Gasteiger partial charge in [-0.25, -0.2) is 0 Å². The molecule has 4 aromatic rings. The van der Waals surface area contributed by atoms with Crippen molar-refractivity contribution in [2.45, 2.75) is 31.7 Å². The van der Waals surface area contributed by atoms with E-state index < -0.39 is 5.74 Å². The van der Waals surface area contributed by atoms with Gasteiger partial charge in [-0.05, 0) is 25.7 Å². The van der Waals surface area contributed by atoms with Gasteiger partial charge in [0.1, 0.15) is 0 Å². The van der Waals surface area contributed by atoms with Gasteiger partial charge < -0.3 is 9.47 Å². The average molecular weight is 629 g/mol. The van der Waals surface area contributed by atoms with Crippen molar-refractivity contribution in [1.29, 1.82) is 0 Å². The number of ether oxygens (including phenoxy) is 2. The molecule has 198 valence electrons. The van der Waals surface area contributed by atoms with Crippen LogP contribution in [-0.2, 0) is 9.47 Å². The van der Waals surface area contributed by atoms with Crippen LogP contribution in [0.2, 0.25) is 0 Å². The molecular formula is C33H37KNO2PSe. The van der Waals surface area contributed by atoms with E-state index in [4.69, 9.17) is 14.2 Å². The summed E-state index contributed by atoms with van der Waals surface area (Å²) < 4.78 is 15.4. The number of nitrogens with zero attached hydrogens (tertiary/aromatic N) is 1. The number of hydrogen-bond donors (Lipinski definition) is 0. The Balaban J connectivity index is 0.000000319. The Hall–Kier alpha value is -0.814. The SMILES string of the molecule is C1CCOC1.C1CCOC1.[K+].[Se-]P(=NC(c1ccccc1)c1ccccc1)(c1ccccc1)c1ccccc1. The van der Waals surface area contributed by atoms with Crippen LogP contribution in [0.5, 0.6) is 0 Å². The normalized spacial score (nSPS) is 14.3. The number of benzene rings is 4. The maximum absolute atomic E-state index is 5.54. The number of hydrogen-bond acceptors (Lipinski definition) is 3. The fourth-order valence-electron chi connectivity index (χ4n) is 4.32. The van der Waals surface area contributed by atoms with Gasteiger partial charge in [0, 0.05) is 26.4 Å². The quantitative estimate of drug-likeness (QED) is 0.244. The molecular weight excluding hydrogens is 591 g/mol. The van der Waals surface area contributed by atoms with Crippen molar-refractivity contribution in [2.24, 2.45) is 4.74 Å². The second-order valence-corrected chi connectivity index (χ2v) is 15.0. The summed E-state index contributed by atoms with van der Waals surface area (Å²) in [5.74, 6) is -2.06. The summed E-state index contributed by atoms with van der Waals surface area (Å²) in [4.78, 5) is 0. The second kappa shape index (κ2) is 18.6. The molecule has 2 aliphatic rings. The van der Waals surface area contributed by atoms with Gasteiger partial charge >= 0.3 is 227 Å². The molecule has 2 heterocycles. The molecule has 0 bridgehead atoms. The molecule has 4 aromatic carbocycles. The second-order valence-electron chi connectivity index (χ2n) is 9.23. The molecule has 2 saturated heterocycles. The van der Waals surface area contributed by atoms with Crippen molar-refractivity contribution in [3.8, 4) is 0 Å². The fraction of sp³-hybridized carbons (Fsp3) is 0.273. The van der Waals surface area contributed by atoms with Gasteiger partial charge in [-0.3, -0.25) is 0 Å². The van der Waals surface area contributed by atoms with E-state index in [9.17, 15) is 0 Å². The van der Waals surface area contributed by atoms with Crippen molar-refractivity contribution in [3.05, 3.63) is 132 Å². The zero-order valence-electron chi connectivity index (χ0n) is 22.9. The number of rotatable bonds is 5. The molecule has 0 amide bonds. The zero-order chi connectivity index (χ0) is 26.3. The fourth-order valence-corrected chi connectivity index (χ4v) is 8.76. The first-order valence-electron chi connectivity index (χ1n) is 13.5. The van der Waals surface area contributed by atoms with Crippen LogP contribution in [0.3, 0.4) is 0 Å². The maximum atomic E-state index is 5.54. The van der Waals surface area contributed by atoms with Crippen molar-refractivity contribution >= 4 is 31.9 Å². The first-order valence-corrected chi connectivity index (χ1v) is 17.4. The standard InChI is InChI=1S/C25H21NPSe.2C4H8O.K/c28-27(23-17-9-3-10-18-23,24-19-11-4-12-20-24)26-25(21-13-5-1-6-14-21)22-15-7-2-8-16-22;2*1-2-4-5-3-1;/h1-20,25H;2*1-4H2;/q-1;;;+1. The molecule has 0 radical (unpaired) electrons. The van der Waals surface area contributed by atoms with Gasteiger partial charge in [0.05, 0.1) is 0 Å². The summed E-state index contributed by atoms with van der Waals surface area (Å²) in [6, 6.07) is 42.4. The van der Waals surface area contributed by atoms with E-state index in [1.807, 2.05) is 0 Å². The zero-order valence-corrected chi connectivity index (χ0v) is 28.6. The first kappa shape index (κ1) is 32.7. The van der Waals surface area contributed by atoms with Crippen LogP contribution in [-0.4, -0.2) is 42.0 Å². The van der Waals surface area contributed by atoms with Crippen LogP contribution in [0.1, 0.15) is 42.9 Å². The molecule has 6 heteroatoms.